The molecule has 2 nitrogen and oxygen atoms in total. The summed E-state index contributed by atoms with van der Waals surface area (Å²) in [6.45, 7) is 4.97. The number of halogens is 2. The number of benzene rings is 2. The fourth-order valence-electron chi connectivity index (χ4n) is 2.00. The van der Waals surface area contributed by atoms with Crippen LogP contribution in [0.4, 0.5) is 5.69 Å². The van der Waals surface area contributed by atoms with Crippen molar-refractivity contribution in [1.29, 1.82) is 0 Å². The molecule has 0 aliphatic carbocycles. The third-order valence-corrected chi connectivity index (χ3v) is 4.57. The number of rotatable bonds is 6. The fourth-order valence-corrected chi connectivity index (χ4v) is 2.56. The molecular weight excluding hydrogens is 350 g/mol. The van der Waals surface area contributed by atoms with Crippen LogP contribution in [0.15, 0.2) is 46.9 Å². The van der Waals surface area contributed by atoms with Crippen molar-refractivity contribution < 1.29 is 4.74 Å². The van der Waals surface area contributed by atoms with Crippen LogP contribution in [0.3, 0.4) is 0 Å². The van der Waals surface area contributed by atoms with E-state index in [-0.39, 0.29) is 6.04 Å². The van der Waals surface area contributed by atoms with E-state index in [0.29, 0.717) is 5.02 Å². The molecular formula is C17H19BrClNO. The lowest BCUT2D eigenvalue weighted by Gasteiger charge is -2.17. The van der Waals surface area contributed by atoms with Gasteiger partial charge in [0.1, 0.15) is 5.75 Å². The van der Waals surface area contributed by atoms with E-state index in [2.05, 4.69) is 47.2 Å². The van der Waals surface area contributed by atoms with E-state index in [9.17, 15) is 0 Å². The summed E-state index contributed by atoms with van der Waals surface area (Å²) >= 11 is 9.62. The first-order valence-corrected chi connectivity index (χ1v) is 8.22. The SMILES string of the molecule is CCCOc1ccc(C(C)Nc2cccc(Cl)c2Br)cc1. The van der Waals surface area contributed by atoms with Crippen molar-refractivity contribution in [3.8, 4) is 5.75 Å². The van der Waals surface area contributed by atoms with Gasteiger partial charge in [0.05, 0.1) is 21.8 Å². The normalized spacial score (nSPS) is 12.0. The van der Waals surface area contributed by atoms with Crippen LogP contribution in [-0.4, -0.2) is 6.61 Å². The second-order valence-corrected chi connectivity index (χ2v) is 6.09. The van der Waals surface area contributed by atoms with Crippen LogP contribution in [-0.2, 0) is 0 Å². The number of nitrogens with one attached hydrogen (secondary N) is 1. The standard InChI is InChI=1S/C17H19BrClNO/c1-3-11-21-14-9-7-13(8-10-14)12(2)20-16-6-4-5-15(19)17(16)18/h4-10,12,20H,3,11H2,1-2H3. The summed E-state index contributed by atoms with van der Waals surface area (Å²) < 4.78 is 6.49. The van der Waals surface area contributed by atoms with Gasteiger partial charge in [0.2, 0.25) is 0 Å². The highest BCUT2D eigenvalue weighted by Gasteiger charge is 2.09. The summed E-state index contributed by atoms with van der Waals surface area (Å²) in [5.41, 5.74) is 2.19. The van der Waals surface area contributed by atoms with E-state index in [1.807, 2.05) is 30.3 Å². The minimum absolute atomic E-state index is 0.181. The van der Waals surface area contributed by atoms with Crippen LogP contribution in [0.2, 0.25) is 5.02 Å². The minimum atomic E-state index is 0.181. The number of ether oxygens (including phenoxy) is 1. The molecule has 1 unspecified atom stereocenters. The van der Waals surface area contributed by atoms with Gasteiger partial charge in [-0.2, -0.15) is 0 Å². The summed E-state index contributed by atoms with van der Waals surface area (Å²) in [4.78, 5) is 0. The molecule has 2 rings (SSSR count). The molecule has 4 heteroatoms. The average Bonchev–Trinajstić information content (AvgIpc) is 2.50. The van der Waals surface area contributed by atoms with E-state index < -0.39 is 0 Å². The van der Waals surface area contributed by atoms with Gasteiger partial charge in [-0.1, -0.05) is 36.7 Å². The third kappa shape index (κ3) is 4.39. The van der Waals surface area contributed by atoms with Gasteiger partial charge in [-0.25, -0.2) is 0 Å². The molecule has 1 atom stereocenters. The maximum atomic E-state index is 6.11. The van der Waals surface area contributed by atoms with Gasteiger partial charge in [-0.3, -0.25) is 0 Å². The molecule has 1 N–H and O–H groups in total. The first kappa shape index (κ1) is 16.2. The van der Waals surface area contributed by atoms with Crippen molar-refractivity contribution in [2.45, 2.75) is 26.3 Å². The van der Waals surface area contributed by atoms with E-state index in [1.54, 1.807) is 0 Å². The Morgan fingerprint density at radius 2 is 1.90 bits per heavy atom. The van der Waals surface area contributed by atoms with Gasteiger partial charge >= 0.3 is 0 Å². The number of hydrogen-bond donors (Lipinski definition) is 1. The molecule has 0 radical (unpaired) electrons. The molecule has 21 heavy (non-hydrogen) atoms. The molecule has 0 aliphatic rings. The third-order valence-electron chi connectivity index (χ3n) is 3.18. The highest BCUT2D eigenvalue weighted by atomic mass is 79.9. The monoisotopic (exact) mass is 367 g/mol. The van der Waals surface area contributed by atoms with E-state index in [1.165, 1.54) is 5.56 Å². The molecule has 0 fully saturated rings. The van der Waals surface area contributed by atoms with E-state index >= 15 is 0 Å². The summed E-state index contributed by atoms with van der Waals surface area (Å²) in [7, 11) is 0. The molecule has 0 aromatic heterocycles. The zero-order chi connectivity index (χ0) is 15.2. The van der Waals surface area contributed by atoms with Crippen LogP contribution in [0.25, 0.3) is 0 Å². The van der Waals surface area contributed by atoms with Crippen LogP contribution in [0.1, 0.15) is 31.9 Å². The number of hydrogen-bond acceptors (Lipinski definition) is 2. The second-order valence-electron chi connectivity index (χ2n) is 4.88. The van der Waals surface area contributed by atoms with Gasteiger partial charge in [0.15, 0.2) is 0 Å². The summed E-state index contributed by atoms with van der Waals surface area (Å²) in [6, 6.07) is 14.2. The molecule has 112 valence electrons. The number of anilines is 1. The molecule has 0 aliphatic heterocycles. The van der Waals surface area contributed by atoms with Gasteiger partial charge in [-0.15, -0.1) is 0 Å². The van der Waals surface area contributed by atoms with Crippen molar-refractivity contribution in [1.82, 2.24) is 0 Å². The lowest BCUT2D eigenvalue weighted by molar-refractivity contribution is 0.317. The second kappa shape index (κ2) is 7.71. The summed E-state index contributed by atoms with van der Waals surface area (Å²) in [6.07, 6.45) is 1.02. The van der Waals surface area contributed by atoms with Gasteiger partial charge < -0.3 is 10.1 Å². The van der Waals surface area contributed by atoms with Crippen molar-refractivity contribution in [2.24, 2.45) is 0 Å². The Morgan fingerprint density at radius 1 is 1.19 bits per heavy atom. The predicted molar refractivity (Wildman–Crippen MR) is 93.4 cm³/mol. The molecule has 2 aromatic rings. The van der Waals surface area contributed by atoms with Crippen molar-refractivity contribution in [3.63, 3.8) is 0 Å². The van der Waals surface area contributed by atoms with E-state index in [4.69, 9.17) is 16.3 Å². The maximum absolute atomic E-state index is 6.11. The Labute approximate surface area is 139 Å². The molecule has 0 saturated heterocycles. The minimum Gasteiger partial charge on any atom is -0.494 e. The highest BCUT2D eigenvalue weighted by Crippen LogP contribution is 2.32. The zero-order valence-electron chi connectivity index (χ0n) is 12.2. The zero-order valence-corrected chi connectivity index (χ0v) is 14.5. The van der Waals surface area contributed by atoms with Crippen LogP contribution in [0.5, 0.6) is 5.75 Å². The van der Waals surface area contributed by atoms with Crippen LogP contribution < -0.4 is 10.1 Å². The smallest absolute Gasteiger partial charge is 0.119 e. The first-order chi connectivity index (χ1) is 10.1. The van der Waals surface area contributed by atoms with Gasteiger partial charge in [0, 0.05) is 6.04 Å². The lowest BCUT2D eigenvalue weighted by atomic mass is 10.1. The van der Waals surface area contributed by atoms with Gasteiger partial charge in [-0.05, 0) is 59.1 Å². The van der Waals surface area contributed by atoms with E-state index in [0.717, 1.165) is 28.9 Å². The quantitative estimate of drug-likeness (QED) is 0.668. The Bertz CT molecular complexity index is 586. The average molecular weight is 369 g/mol. The highest BCUT2D eigenvalue weighted by molar-refractivity contribution is 9.10. The molecule has 0 amide bonds. The Morgan fingerprint density at radius 3 is 2.57 bits per heavy atom. The topological polar surface area (TPSA) is 21.3 Å². The summed E-state index contributed by atoms with van der Waals surface area (Å²) in [5.74, 6) is 0.914. The molecule has 0 spiro atoms. The largest absolute Gasteiger partial charge is 0.494 e. The Kier molecular flexibility index (Phi) is 5.95. The Hall–Kier alpha value is -1.19. The maximum Gasteiger partial charge on any atom is 0.119 e. The predicted octanol–water partition coefficient (Wildman–Crippen LogP) is 6.06. The Balaban J connectivity index is 2.06. The molecule has 0 saturated carbocycles. The molecule has 0 bridgehead atoms. The molecule has 2 aromatic carbocycles. The fraction of sp³-hybridized carbons (Fsp3) is 0.294. The van der Waals surface area contributed by atoms with Crippen LogP contribution in [0, 0.1) is 0 Å². The lowest BCUT2D eigenvalue weighted by Crippen LogP contribution is -2.07. The summed E-state index contributed by atoms with van der Waals surface area (Å²) in [5, 5.41) is 4.16. The van der Waals surface area contributed by atoms with Gasteiger partial charge in [0.25, 0.3) is 0 Å². The molecule has 0 heterocycles. The van der Waals surface area contributed by atoms with Crippen LogP contribution >= 0.6 is 27.5 Å². The first-order valence-electron chi connectivity index (χ1n) is 7.05. The van der Waals surface area contributed by atoms with Crippen molar-refractivity contribution in [3.05, 3.63) is 57.5 Å². The van der Waals surface area contributed by atoms with Crippen molar-refractivity contribution in [2.75, 3.05) is 11.9 Å². The van der Waals surface area contributed by atoms with Crippen molar-refractivity contribution >= 4 is 33.2 Å².